The summed E-state index contributed by atoms with van der Waals surface area (Å²) in [6.45, 7) is 2.37. The van der Waals surface area contributed by atoms with Gasteiger partial charge in [0.2, 0.25) is 0 Å². The van der Waals surface area contributed by atoms with Crippen molar-refractivity contribution in [3.8, 4) is 0 Å². The van der Waals surface area contributed by atoms with E-state index in [1.807, 2.05) is 6.92 Å². The number of nitro benzene ring substituents is 1. The van der Waals surface area contributed by atoms with Crippen molar-refractivity contribution in [2.24, 2.45) is 5.50 Å². The van der Waals surface area contributed by atoms with E-state index in [2.05, 4.69) is 0 Å². The zero-order chi connectivity index (χ0) is 13.8. The van der Waals surface area contributed by atoms with E-state index >= 15 is 0 Å². The van der Waals surface area contributed by atoms with Gasteiger partial charge in [-0.1, -0.05) is 6.92 Å². The predicted molar refractivity (Wildman–Crippen MR) is 68.0 cm³/mol. The van der Waals surface area contributed by atoms with Crippen LogP contribution < -0.4 is 5.50 Å². The smallest absolute Gasteiger partial charge is 0.301 e. The molecule has 0 aliphatic carbocycles. The van der Waals surface area contributed by atoms with Gasteiger partial charge in [0.15, 0.2) is 0 Å². The molecule has 0 radical (unpaired) electrons. The molecule has 0 saturated heterocycles. The van der Waals surface area contributed by atoms with Crippen molar-refractivity contribution >= 4 is 13.4 Å². The fraction of sp³-hybridized carbons (Fsp3) is 0.400. The molecule has 7 nitrogen and oxygen atoms in total. The lowest BCUT2D eigenvalue weighted by Crippen LogP contribution is -2.21. The molecule has 1 aromatic carbocycles. The first kappa shape index (κ1) is 14.8. The molecule has 2 N–H and O–H groups in total. The zero-order valence-corrected chi connectivity index (χ0v) is 11.2. The van der Waals surface area contributed by atoms with E-state index in [-0.39, 0.29) is 12.3 Å². The Morgan fingerprint density at radius 3 is 2.44 bits per heavy atom. The van der Waals surface area contributed by atoms with Crippen molar-refractivity contribution < 1.29 is 14.0 Å². The summed E-state index contributed by atoms with van der Waals surface area (Å²) in [6.07, 6.45) is 0. The number of non-ortho nitro benzene ring substituents is 1. The van der Waals surface area contributed by atoms with Gasteiger partial charge in [0.25, 0.3) is 5.69 Å². The van der Waals surface area contributed by atoms with Crippen molar-refractivity contribution in [3.63, 3.8) is 0 Å². The van der Waals surface area contributed by atoms with Crippen molar-refractivity contribution in [2.45, 2.75) is 13.5 Å². The third-order valence-corrected chi connectivity index (χ3v) is 4.23. The Labute approximate surface area is 105 Å². The number of benzene rings is 1. The molecule has 1 rings (SSSR count). The molecule has 0 spiro atoms. The number of nitrogens with two attached hydrogens (primary N) is 1. The Kier molecular flexibility index (Phi) is 4.98. The van der Waals surface area contributed by atoms with E-state index in [0.29, 0.717) is 12.1 Å². The average Bonchev–Trinajstić information content (AvgIpc) is 2.35. The van der Waals surface area contributed by atoms with E-state index in [9.17, 15) is 14.7 Å². The third-order valence-electron chi connectivity index (χ3n) is 2.50. The number of rotatable bonds is 6. The van der Waals surface area contributed by atoms with Gasteiger partial charge in [-0.25, -0.2) is 10.2 Å². The van der Waals surface area contributed by atoms with Crippen LogP contribution in [-0.4, -0.2) is 23.2 Å². The standard InChI is InChI=1S/C10H16N3O4P/c1-3-12(2)18(11,16)17-8-9-4-6-10(7-5-9)13(14)15/h4-7H,3,8H2,1-2H3,(H2,11,16). The number of nitro groups is 1. The van der Waals surface area contributed by atoms with Crippen LogP contribution in [0.25, 0.3) is 0 Å². The Morgan fingerprint density at radius 1 is 1.44 bits per heavy atom. The molecule has 0 heterocycles. The Morgan fingerprint density at radius 2 is 2.00 bits per heavy atom. The summed E-state index contributed by atoms with van der Waals surface area (Å²) < 4.78 is 18.5. The summed E-state index contributed by atoms with van der Waals surface area (Å²) in [5.41, 5.74) is 6.22. The lowest BCUT2D eigenvalue weighted by Gasteiger charge is -2.22. The molecular formula is C10H16N3O4P. The zero-order valence-electron chi connectivity index (χ0n) is 10.3. The van der Waals surface area contributed by atoms with Gasteiger partial charge in [-0.15, -0.1) is 0 Å². The number of nitrogens with zero attached hydrogens (tertiary/aromatic N) is 2. The molecule has 0 aliphatic rings. The van der Waals surface area contributed by atoms with Crippen LogP contribution in [0.15, 0.2) is 24.3 Å². The topological polar surface area (TPSA) is 98.7 Å². The van der Waals surface area contributed by atoms with E-state index in [1.165, 1.54) is 16.8 Å². The van der Waals surface area contributed by atoms with E-state index in [1.54, 1.807) is 19.2 Å². The summed E-state index contributed by atoms with van der Waals surface area (Å²) in [6, 6.07) is 5.82. The van der Waals surface area contributed by atoms with Crippen LogP contribution >= 0.6 is 7.67 Å². The molecule has 8 heteroatoms. The van der Waals surface area contributed by atoms with Crippen LogP contribution in [0, 0.1) is 10.1 Å². The second kappa shape index (κ2) is 6.06. The minimum Gasteiger partial charge on any atom is -0.301 e. The van der Waals surface area contributed by atoms with Gasteiger partial charge in [-0.05, 0) is 24.7 Å². The maximum atomic E-state index is 11.9. The van der Waals surface area contributed by atoms with Gasteiger partial charge in [0.1, 0.15) is 0 Å². The van der Waals surface area contributed by atoms with Crippen LogP contribution in [0.1, 0.15) is 12.5 Å². The highest BCUT2D eigenvalue weighted by atomic mass is 31.2. The normalized spacial score (nSPS) is 14.4. The molecule has 0 fully saturated rings. The highest BCUT2D eigenvalue weighted by Crippen LogP contribution is 2.41. The van der Waals surface area contributed by atoms with Crippen LogP contribution in [0.2, 0.25) is 0 Å². The summed E-state index contributed by atoms with van der Waals surface area (Å²) in [4.78, 5) is 9.98. The monoisotopic (exact) mass is 273 g/mol. The molecule has 0 bridgehead atoms. The van der Waals surface area contributed by atoms with E-state index in [0.717, 1.165) is 0 Å². The molecule has 0 amide bonds. The van der Waals surface area contributed by atoms with E-state index in [4.69, 9.17) is 10.0 Å². The van der Waals surface area contributed by atoms with Gasteiger partial charge >= 0.3 is 7.67 Å². The van der Waals surface area contributed by atoms with Crippen LogP contribution in [-0.2, 0) is 15.7 Å². The Balaban J connectivity index is 2.64. The van der Waals surface area contributed by atoms with Crippen molar-refractivity contribution in [1.82, 2.24) is 4.67 Å². The largest absolute Gasteiger partial charge is 0.340 e. The summed E-state index contributed by atoms with van der Waals surface area (Å²) in [5.74, 6) is 0. The lowest BCUT2D eigenvalue weighted by atomic mass is 10.2. The van der Waals surface area contributed by atoms with E-state index < -0.39 is 12.6 Å². The second-order valence-electron chi connectivity index (χ2n) is 3.73. The molecule has 100 valence electrons. The average molecular weight is 273 g/mol. The maximum absolute atomic E-state index is 11.9. The van der Waals surface area contributed by atoms with Crippen LogP contribution in [0.4, 0.5) is 5.69 Å². The molecule has 1 aromatic rings. The molecular weight excluding hydrogens is 257 g/mol. The first-order valence-electron chi connectivity index (χ1n) is 5.35. The lowest BCUT2D eigenvalue weighted by molar-refractivity contribution is -0.384. The molecule has 18 heavy (non-hydrogen) atoms. The van der Waals surface area contributed by atoms with Gasteiger partial charge in [-0.3, -0.25) is 14.7 Å². The first-order valence-corrected chi connectivity index (χ1v) is 6.99. The number of hydrogen-bond acceptors (Lipinski definition) is 4. The maximum Gasteiger partial charge on any atom is 0.340 e. The minimum atomic E-state index is -3.28. The van der Waals surface area contributed by atoms with Gasteiger partial charge in [-0.2, -0.15) is 0 Å². The van der Waals surface area contributed by atoms with Crippen molar-refractivity contribution in [1.29, 1.82) is 0 Å². The third kappa shape index (κ3) is 3.89. The molecule has 1 atom stereocenters. The Bertz CT molecular complexity index is 463. The van der Waals surface area contributed by atoms with Crippen molar-refractivity contribution in [2.75, 3.05) is 13.6 Å². The fourth-order valence-electron chi connectivity index (χ4n) is 1.18. The molecule has 0 aromatic heterocycles. The summed E-state index contributed by atoms with van der Waals surface area (Å²) >= 11 is 0. The first-order chi connectivity index (χ1) is 8.36. The SMILES string of the molecule is CCN(C)P(N)(=O)OCc1ccc([N+](=O)[O-])cc1. The highest BCUT2D eigenvalue weighted by molar-refractivity contribution is 7.53. The minimum absolute atomic E-state index is 0.000331. The molecule has 1 unspecified atom stereocenters. The predicted octanol–water partition coefficient (Wildman–Crippen LogP) is 2.13. The van der Waals surface area contributed by atoms with Gasteiger partial charge in [0.05, 0.1) is 11.5 Å². The van der Waals surface area contributed by atoms with Gasteiger partial charge < -0.3 is 4.52 Å². The fourth-order valence-corrected chi connectivity index (χ4v) is 2.10. The van der Waals surface area contributed by atoms with Crippen molar-refractivity contribution in [3.05, 3.63) is 39.9 Å². The quantitative estimate of drug-likeness (QED) is 0.484. The van der Waals surface area contributed by atoms with Crippen LogP contribution in [0.5, 0.6) is 0 Å². The summed E-state index contributed by atoms with van der Waals surface area (Å²) in [5, 5.41) is 10.5. The molecule has 0 aliphatic heterocycles. The van der Waals surface area contributed by atoms with Crippen LogP contribution in [0.3, 0.4) is 0 Å². The summed E-state index contributed by atoms with van der Waals surface area (Å²) in [7, 11) is -1.67. The second-order valence-corrected chi connectivity index (χ2v) is 5.80. The molecule has 0 saturated carbocycles. The Hall–Kier alpha value is -1.27. The number of hydrogen-bond donors (Lipinski definition) is 1. The van der Waals surface area contributed by atoms with Gasteiger partial charge in [0, 0.05) is 18.7 Å². The highest BCUT2D eigenvalue weighted by Gasteiger charge is 2.22.